The molecule has 0 saturated carbocycles. The largest absolute Gasteiger partial charge is 0.395 e. The molecule has 0 radical (unpaired) electrons. The number of aryl methyl sites for hydroxylation is 1. The van der Waals surface area contributed by atoms with Crippen LogP contribution < -0.4 is 11.1 Å². The number of unbranched alkanes of at least 4 members (excludes halogenated alkanes) is 1. The lowest BCUT2D eigenvalue weighted by atomic mass is 10.1. The van der Waals surface area contributed by atoms with Crippen LogP contribution in [0, 0.1) is 6.92 Å². The van der Waals surface area contributed by atoms with Crippen molar-refractivity contribution in [2.24, 2.45) is 0 Å². The molecule has 1 heterocycles. The predicted molar refractivity (Wildman–Crippen MR) is 75.6 cm³/mol. The number of hydrogen-bond donors (Lipinski definition) is 2. The first kappa shape index (κ1) is 14.1. The molecule has 0 spiro atoms. The number of pyridine rings is 1. The summed E-state index contributed by atoms with van der Waals surface area (Å²) < 4.78 is 0. The standard InChI is InChI=1S/C13H22ClN3/c1-4-6-7-10(5-2)17-11-8-9(3)16-13(14)12(11)15/h8,10H,4-7,15H2,1-3H3,(H,16,17). The summed E-state index contributed by atoms with van der Waals surface area (Å²) in [6.45, 7) is 6.30. The van der Waals surface area contributed by atoms with E-state index in [9.17, 15) is 0 Å². The molecule has 1 rings (SSSR count). The van der Waals surface area contributed by atoms with Gasteiger partial charge >= 0.3 is 0 Å². The molecule has 1 aromatic rings. The summed E-state index contributed by atoms with van der Waals surface area (Å²) in [5.74, 6) is 0. The van der Waals surface area contributed by atoms with E-state index in [2.05, 4.69) is 24.1 Å². The van der Waals surface area contributed by atoms with Crippen LogP contribution in [0.4, 0.5) is 11.4 Å². The highest BCUT2D eigenvalue weighted by Gasteiger charge is 2.11. The molecule has 0 fully saturated rings. The van der Waals surface area contributed by atoms with Gasteiger partial charge in [0.05, 0.1) is 11.4 Å². The maximum atomic E-state index is 5.97. The fourth-order valence-electron chi connectivity index (χ4n) is 1.81. The molecule has 17 heavy (non-hydrogen) atoms. The molecule has 0 aliphatic rings. The van der Waals surface area contributed by atoms with Crippen molar-refractivity contribution in [2.75, 3.05) is 11.1 Å². The Balaban J connectivity index is 2.78. The topological polar surface area (TPSA) is 50.9 Å². The lowest BCUT2D eigenvalue weighted by Crippen LogP contribution is -2.19. The van der Waals surface area contributed by atoms with Crippen molar-refractivity contribution in [1.82, 2.24) is 4.98 Å². The minimum atomic E-state index is 0.387. The van der Waals surface area contributed by atoms with Gasteiger partial charge in [0.1, 0.15) is 0 Å². The van der Waals surface area contributed by atoms with E-state index >= 15 is 0 Å². The number of nitrogens with zero attached hydrogens (tertiary/aromatic N) is 1. The fourth-order valence-corrected chi connectivity index (χ4v) is 2.05. The van der Waals surface area contributed by atoms with E-state index in [0.717, 1.165) is 24.2 Å². The number of nitrogen functional groups attached to an aromatic ring is 1. The minimum Gasteiger partial charge on any atom is -0.395 e. The van der Waals surface area contributed by atoms with E-state index in [1.807, 2.05) is 13.0 Å². The molecule has 1 aromatic heterocycles. The summed E-state index contributed by atoms with van der Waals surface area (Å²) in [5, 5.41) is 3.85. The predicted octanol–water partition coefficient (Wildman–Crippen LogP) is 4.01. The van der Waals surface area contributed by atoms with Gasteiger partial charge in [-0.25, -0.2) is 4.98 Å². The van der Waals surface area contributed by atoms with Crippen molar-refractivity contribution in [3.05, 3.63) is 16.9 Å². The van der Waals surface area contributed by atoms with Crippen molar-refractivity contribution < 1.29 is 0 Å². The zero-order valence-corrected chi connectivity index (χ0v) is 11.6. The van der Waals surface area contributed by atoms with Gasteiger partial charge in [-0.05, 0) is 25.8 Å². The average Bonchev–Trinajstić information content (AvgIpc) is 2.30. The Morgan fingerprint density at radius 1 is 1.47 bits per heavy atom. The molecular weight excluding hydrogens is 234 g/mol. The number of rotatable bonds is 6. The monoisotopic (exact) mass is 255 g/mol. The molecule has 1 unspecified atom stereocenters. The van der Waals surface area contributed by atoms with Gasteiger partial charge in [0, 0.05) is 11.7 Å². The third-order valence-electron chi connectivity index (χ3n) is 2.90. The highest BCUT2D eigenvalue weighted by Crippen LogP contribution is 2.27. The summed E-state index contributed by atoms with van der Waals surface area (Å²) >= 11 is 5.97. The summed E-state index contributed by atoms with van der Waals surface area (Å²) in [5.41, 5.74) is 8.27. The van der Waals surface area contributed by atoms with Crippen molar-refractivity contribution >= 4 is 23.0 Å². The van der Waals surface area contributed by atoms with Gasteiger partial charge in [-0.3, -0.25) is 0 Å². The molecule has 3 nitrogen and oxygen atoms in total. The van der Waals surface area contributed by atoms with E-state index in [0.29, 0.717) is 16.9 Å². The van der Waals surface area contributed by atoms with Crippen molar-refractivity contribution in [2.45, 2.75) is 52.5 Å². The van der Waals surface area contributed by atoms with E-state index in [1.54, 1.807) is 0 Å². The van der Waals surface area contributed by atoms with Crippen LogP contribution in [0.25, 0.3) is 0 Å². The highest BCUT2D eigenvalue weighted by atomic mass is 35.5. The Morgan fingerprint density at radius 3 is 2.76 bits per heavy atom. The molecule has 4 heteroatoms. The summed E-state index contributed by atoms with van der Waals surface area (Å²) in [4.78, 5) is 4.13. The zero-order valence-electron chi connectivity index (χ0n) is 10.9. The zero-order chi connectivity index (χ0) is 12.8. The summed E-state index contributed by atoms with van der Waals surface area (Å²) in [6.07, 6.45) is 4.68. The van der Waals surface area contributed by atoms with E-state index < -0.39 is 0 Å². The third-order valence-corrected chi connectivity index (χ3v) is 3.19. The first-order valence-electron chi connectivity index (χ1n) is 6.27. The van der Waals surface area contributed by atoms with Crippen LogP contribution >= 0.6 is 11.6 Å². The highest BCUT2D eigenvalue weighted by molar-refractivity contribution is 6.32. The SMILES string of the molecule is CCCCC(CC)Nc1cc(C)nc(Cl)c1N. The summed E-state index contributed by atoms with van der Waals surface area (Å²) in [7, 11) is 0. The lowest BCUT2D eigenvalue weighted by molar-refractivity contribution is 0.593. The minimum absolute atomic E-state index is 0.387. The van der Waals surface area contributed by atoms with Crippen molar-refractivity contribution in [3.8, 4) is 0 Å². The van der Waals surface area contributed by atoms with Gasteiger partial charge in [-0.1, -0.05) is 38.3 Å². The first-order valence-corrected chi connectivity index (χ1v) is 6.65. The first-order chi connectivity index (χ1) is 8.08. The molecule has 0 aliphatic heterocycles. The second-order valence-corrected chi connectivity index (χ2v) is 4.77. The van der Waals surface area contributed by atoms with Crippen molar-refractivity contribution in [3.63, 3.8) is 0 Å². The Labute approximate surface area is 109 Å². The molecule has 0 amide bonds. The number of halogens is 1. The van der Waals surface area contributed by atoms with E-state index in [-0.39, 0.29) is 0 Å². The Hall–Kier alpha value is -0.960. The van der Waals surface area contributed by atoms with Crippen LogP contribution in [0.1, 0.15) is 45.2 Å². The number of anilines is 2. The van der Waals surface area contributed by atoms with Gasteiger partial charge in [0.2, 0.25) is 0 Å². The van der Waals surface area contributed by atoms with Crippen molar-refractivity contribution in [1.29, 1.82) is 0 Å². The smallest absolute Gasteiger partial charge is 0.154 e. The fraction of sp³-hybridized carbons (Fsp3) is 0.615. The molecule has 0 aliphatic carbocycles. The van der Waals surface area contributed by atoms with Gasteiger partial charge in [-0.2, -0.15) is 0 Å². The van der Waals surface area contributed by atoms with Gasteiger partial charge in [-0.15, -0.1) is 0 Å². The third kappa shape index (κ3) is 4.08. The average molecular weight is 256 g/mol. The van der Waals surface area contributed by atoms with Crippen LogP contribution in [-0.2, 0) is 0 Å². The maximum Gasteiger partial charge on any atom is 0.154 e. The Kier molecular flexibility index (Phi) is 5.56. The van der Waals surface area contributed by atoms with Crippen LogP contribution in [0.3, 0.4) is 0 Å². The number of nitrogens with two attached hydrogens (primary N) is 1. The van der Waals surface area contributed by atoms with Gasteiger partial charge < -0.3 is 11.1 Å². The van der Waals surface area contributed by atoms with Crippen LogP contribution in [0.15, 0.2) is 6.07 Å². The number of hydrogen-bond acceptors (Lipinski definition) is 3. The summed E-state index contributed by atoms with van der Waals surface area (Å²) in [6, 6.07) is 2.41. The molecule has 96 valence electrons. The number of nitrogens with one attached hydrogen (secondary N) is 1. The Bertz CT molecular complexity index is 366. The quantitative estimate of drug-likeness (QED) is 0.756. The maximum absolute atomic E-state index is 5.97. The molecule has 0 aromatic carbocycles. The molecule has 1 atom stereocenters. The van der Waals surface area contributed by atoms with Gasteiger partial charge in [0.25, 0.3) is 0 Å². The van der Waals surface area contributed by atoms with Crippen LogP contribution in [-0.4, -0.2) is 11.0 Å². The molecular formula is C13H22ClN3. The van der Waals surface area contributed by atoms with Gasteiger partial charge in [0.15, 0.2) is 5.15 Å². The second-order valence-electron chi connectivity index (χ2n) is 4.41. The number of aromatic nitrogens is 1. The lowest BCUT2D eigenvalue weighted by Gasteiger charge is -2.20. The van der Waals surface area contributed by atoms with E-state index in [4.69, 9.17) is 17.3 Å². The molecule has 3 N–H and O–H groups in total. The normalized spacial score (nSPS) is 12.5. The molecule has 0 bridgehead atoms. The molecule has 0 saturated heterocycles. The Morgan fingerprint density at radius 2 is 2.18 bits per heavy atom. The van der Waals surface area contributed by atoms with Crippen LogP contribution in [0.5, 0.6) is 0 Å². The van der Waals surface area contributed by atoms with Crippen LogP contribution in [0.2, 0.25) is 5.15 Å². The van der Waals surface area contributed by atoms with E-state index in [1.165, 1.54) is 12.8 Å². The second kappa shape index (κ2) is 6.70.